The maximum absolute atomic E-state index is 11.0. The lowest BCUT2D eigenvalue weighted by Crippen LogP contribution is -2.17. The van der Waals surface area contributed by atoms with Gasteiger partial charge < -0.3 is 9.84 Å². The maximum Gasteiger partial charge on any atom is 0.307 e. The lowest BCUT2D eigenvalue weighted by atomic mass is 9.97. The zero-order chi connectivity index (χ0) is 18.7. The molecule has 1 aromatic heterocycles. The Kier molecular flexibility index (Phi) is 5.03. The molecule has 0 saturated heterocycles. The number of rotatable bonds is 6. The average molecular weight is 347 g/mol. The molecule has 1 N–H and O–H groups in total. The maximum atomic E-state index is 11.0. The first-order chi connectivity index (χ1) is 12.5. The van der Waals surface area contributed by atoms with Crippen molar-refractivity contribution in [1.29, 1.82) is 0 Å². The summed E-state index contributed by atoms with van der Waals surface area (Å²) < 4.78 is 5.95. The number of carboxylic acid groups (broad SMARTS) is 1. The van der Waals surface area contributed by atoms with Crippen LogP contribution in [0.25, 0.3) is 27.7 Å². The normalized spacial score (nSPS) is 11.9. The number of carboxylic acids is 1. The zero-order valence-electron chi connectivity index (χ0n) is 14.9. The van der Waals surface area contributed by atoms with Gasteiger partial charge in [0.05, 0.1) is 17.6 Å². The fraction of sp³-hybridized carbons (Fsp3) is 0.182. The molecule has 3 rings (SSSR count). The fourth-order valence-electron chi connectivity index (χ4n) is 2.96. The van der Waals surface area contributed by atoms with E-state index in [4.69, 9.17) is 14.8 Å². The largest absolute Gasteiger partial charge is 0.489 e. The number of aromatic nitrogens is 1. The van der Waals surface area contributed by atoms with Gasteiger partial charge in [-0.15, -0.1) is 0 Å². The number of fused-ring (bicyclic) bond motifs is 1. The Morgan fingerprint density at radius 1 is 1.15 bits per heavy atom. The average Bonchev–Trinajstić information content (AvgIpc) is 2.60. The molecule has 0 saturated carbocycles. The summed E-state index contributed by atoms with van der Waals surface area (Å²) in [5.74, 6) is -0.277. The molecule has 0 aliphatic heterocycles. The molecule has 26 heavy (non-hydrogen) atoms. The van der Waals surface area contributed by atoms with Crippen LogP contribution in [-0.2, 0) is 4.79 Å². The zero-order valence-corrected chi connectivity index (χ0v) is 14.9. The van der Waals surface area contributed by atoms with Crippen LogP contribution < -0.4 is 4.74 Å². The topological polar surface area (TPSA) is 59.4 Å². The Labute approximate surface area is 152 Å². The number of benzene rings is 2. The van der Waals surface area contributed by atoms with Crippen molar-refractivity contribution in [3.05, 3.63) is 66.7 Å². The van der Waals surface area contributed by atoms with Crippen LogP contribution in [0.2, 0.25) is 0 Å². The number of pyridine rings is 1. The Balaban J connectivity index is 2.13. The van der Waals surface area contributed by atoms with Crippen LogP contribution in [0.15, 0.2) is 61.2 Å². The van der Waals surface area contributed by atoms with Crippen LogP contribution in [0.4, 0.5) is 0 Å². The van der Waals surface area contributed by atoms with Crippen molar-refractivity contribution in [1.82, 2.24) is 4.98 Å². The highest BCUT2D eigenvalue weighted by Crippen LogP contribution is 2.37. The van der Waals surface area contributed by atoms with Crippen molar-refractivity contribution in [2.24, 2.45) is 0 Å². The van der Waals surface area contributed by atoms with E-state index in [1.54, 1.807) is 6.92 Å². The molecule has 1 unspecified atom stereocenters. The van der Waals surface area contributed by atoms with Crippen molar-refractivity contribution in [2.45, 2.75) is 26.4 Å². The molecule has 2 aromatic carbocycles. The van der Waals surface area contributed by atoms with Gasteiger partial charge in [0.25, 0.3) is 0 Å². The third-order valence-corrected chi connectivity index (χ3v) is 4.13. The second kappa shape index (κ2) is 7.40. The Bertz CT molecular complexity index is 978. The first-order valence-corrected chi connectivity index (χ1v) is 8.49. The van der Waals surface area contributed by atoms with E-state index in [1.807, 2.05) is 61.5 Å². The lowest BCUT2D eigenvalue weighted by Gasteiger charge is -2.19. The SMILES string of the molecule is C=C(C)c1cccc(OC(C)CC(=O)O)c1-c1ccc2ccccc2n1. The monoisotopic (exact) mass is 347 g/mol. The van der Waals surface area contributed by atoms with E-state index in [9.17, 15) is 4.79 Å². The summed E-state index contributed by atoms with van der Waals surface area (Å²) in [5, 5.41) is 10.1. The minimum absolute atomic E-state index is 0.0676. The smallest absolute Gasteiger partial charge is 0.307 e. The second-order valence-corrected chi connectivity index (χ2v) is 6.37. The highest BCUT2D eigenvalue weighted by atomic mass is 16.5. The van der Waals surface area contributed by atoms with Gasteiger partial charge in [-0.25, -0.2) is 4.98 Å². The number of carbonyl (C=O) groups is 1. The summed E-state index contributed by atoms with van der Waals surface area (Å²) in [6.07, 6.45) is -0.519. The van der Waals surface area contributed by atoms with Crippen molar-refractivity contribution in [2.75, 3.05) is 0 Å². The van der Waals surface area contributed by atoms with Crippen molar-refractivity contribution in [3.8, 4) is 17.0 Å². The predicted molar refractivity (Wildman–Crippen MR) is 104 cm³/mol. The van der Waals surface area contributed by atoms with E-state index >= 15 is 0 Å². The molecule has 1 atom stereocenters. The Morgan fingerprint density at radius 3 is 2.65 bits per heavy atom. The van der Waals surface area contributed by atoms with Crippen molar-refractivity contribution < 1.29 is 14.6 Å². The molecular formula is C22H21NO3. The molecule has 0 amide bonds. The van der Waals surface area contributed by atoms with Gasteiger partial charge in [0, 0.05) is 10.9 Å². The lowest BCUT2D eigenvalue weighted by molar-refractivity contribution is -0.138. The molecule has 0 aliphatic rings. The molecule has 132 valence electrons. The standard InChI is InChI=1S/C22H21NO3/c1-14(2)17-8-6-10-20(26-15(3)13-21(24)25)22(17)19-12-11-16-7-4-5-9-18(16)23-19/h4-12,15H,1,13H2,2-3H3,(H,24,25). The quantitative estimate of drug-likeness (QED) is 0.668. The van der Waals surface area contributed by atoms with E-state index in [0.717, 1.165) is 33.3 Å². The van der Waals surface area contributed by atoms with E-state index in [1.165, 1.54) is 0 Å². The molecule has 0 radical (unpaired) electrons. The summed E-state index contributed by atoms with van der Waals surface area (Å²) in [5.41, 5.74) is 4.34. The van der Waals surface area contributed by atoms with E-state index in [2.05, 4.69) is 6.58 Å². The predicted octanol–water partition coefficient (Wildman–Crippen LogP) is 5.18. The van der Waals surface area contributed by atoms with Gasteiger partial charge in [-0.2, -0.15) is 0 Å². The van der Waals surface area contributed by atoms with E-state index in [-0.39, 0.29) is 6.42 Å². The number of nitrogens with zero attached hydrogens (tertiary/aromatic N) is 1. The van der Waals surface area contributed by atoms with Crippen LogP contribution in [-0.4, -0.2) is 22.2 Å². The molecule has 0 aliphatic carbocycles. The summed E-state index contributed by atoms with van der Waals surface area (Å²) in [6, 6.07) is 17.6. The first-order valence-electron chi connectivity index (χ1n) is 8.49. The highest BCUT2D eigenvalue weighted by Gasteiger charge is 2.17. The van der Waals surface area contributed by atoms with Gasteiger partial charge in [-0.05, 0) is 37.6 Å². The summed E-state index contributed by atoms with van der Waals surface area (Å²) in [6.45, 7) is 7.75. The molecular weight excluding hydrogens is 326 g/mol. The third kappa shape index (κ3) is 3.75. The number of para-hydroxylation sites is 1. The molecule has 0 bridgehead atoms. The third-order valence-electron chi connectivity index (χ3n) is 4.13. The van der Waals surface area contributed by atoms with Crippen LogP contribution in [0.3, 0.4) is 0 Å². The van der Waals surface area contributed by atoms with E-state index in [0.29, 0.717) is 5.75 Å². The van der Waals surface area contributed by atoms with Crippen molar-refractivity contribution in [3.63, 3.8) is 0 Å². The number of allylic oxidation sites excluding steroid dienone is 1. The molecule has 1 heterocycles. The molecule has 0 spiro atoms. The van der Waals surface area contributed by atoms with Gasteiger partial charge in [0.1, 0.15) is 11.9 Å². The minimum atomic E-state index is -0.890. The number of hydrogen-bond acceptors (Lipinski definition) is 3. The van der Waals surface area contributed by atoms with Crippen LogP contribution in [0.1, 0.15) is 25.8 Å². The number of aliphatic carboxylic acids is 1. The van der Waals surface area contributed by atoms with Crippen LogP contribution in [0, 0.1) is 0 Å². The number of ether oxygens (including phenoxy) is 1. The molecule has 4 heteroatoms. The van der Waals surface area contributed by atoms with Gasteiger partial charge >= 0.3 is 5.97 Å². The van der Waals surface area contributed by atoms with Gasteiger partial charge in [0.15, 0.2) is 0 Å². The first kappa shape index (κ1) is 17.7. The van der Waals surface area contributed by atoms with E-state index < -0.39 is 12.1 Å². The summed E-state index contributed by atoms with van der Waals surface area (Å²) in [7, 11) is 0. The molecule has 3 aromatic rings. The Hall–Kier alpha value is -3.14. The van der Waals surface area contributed by atoms with Crippen LogP contribution >= 0.6 is 0 Å². The van der Waals surface area contributed by atoms with Crippen LogP contribution in [0.5, 0.6) is 5.75 Å². The fourth-order valence-corrected chi connectivity index (χ4v) is 2.96. The second-order valence-electron chi connectivity index (χ2n) is 6.37. The van der Waals surface area contributed by atoms with Crippen molar-refractivity contribution >= 4 is 22.4 Å². The molecule has 0 fully saturated rings. The minimum Gasteiger partial charge on any atom is -0.489 e. The van der Waals surface area contributed by atoms with Gasteiger partial charge in [-0.3, -0.25) is 4.79 Å². The highest BCUT2D eigenvalue weighted by molar-refractivity contribution is 5.87. The van der Waals surface area contributed by atoms with Gasteiger partial charge in [-0.1, -0.05) is 48.6 Å². The summed E-state index contributed by atoms with van der Waals surface area (Å²) >= 11 is 0. The number of hydrogen-bond donors (Lipinski definition) is 1. The Morgan fingerprint density at radius 2 is 1.92 bits per heavy atom. The summed E-state index contributed by atoms with van der Waals surface area (Å²) in [4.78, 5) is 15.7. The van der Waals surface area contributed by atoms with Gasteiger partial charge in [0.2, 0.25) is 0 Å². The molecule has 4 nitrogen and oxygen atoms in total.